The lowest BCUT2D eigenvalue weighted by Crippen LogP contribution is -2.48. The van der Waals surface area contributed by atoms with Crippen LogP contribution in [-0.2, 0) is 9.47 Å². The van der Waals surface area contributed by atoms with Gasteiger partial charge in [0.05, 0.1) is 18.3 Å². The van der Waals surface area contributed by atoms with Crippen LogP contribution in [0.25, 0.3) is 0 Å². The zero-order valence-electron chi connectivity index (χ0n) is 13.1. The van der Waals surface area contributed by atoms with Gasteiger partial charge in [0.1, 0.15) is 12.3 Å². The molecule has 6 nitrogen and oxygen atoms in total. The van der Waals surface area contributed by atoms with Crippen LogP contribution >= 0.6 is 0 Å². The van der Waals surface area contributed by atoms with Gasteiger partial charge in [0.15, 0.2) is 6.29 Å². The molecule has 0 bridgehead atoms. The van der Waals surface area contributed by atoms with E-state index in [4.69, 9.17) is 9.47 Å². The molecular formula is C15H29NO5. The van der Waals surface area contributed by atoms with E-state index in [2.05, 4.69) is 5.32 Å². The van der Waals surface area contributed by atoms with Gasteiger partial charge in [0.25, 0.3) is 0 Å². The molecular weight excluding hydrogens is 274 g/mol. The van der Waals surface area contributed by atoms with E-state index in [9.17, 15) is 15.3 Å². The predicted octanol–water partition coefficient (Wildman–Crippen LogP) is 0.512. The summed E-state index contributed by atoms with van der Waals surface area (Å²) in [5, 5.41) is 31.8. The number of ether oxygens (including phenoxy) is 2. The van der Waals surface area contributed by atoms with Gasteiger partial charge < -0.3 is 24.8 Å². The van der Waals surface area contributed by atoms with Crippen LogP contribution in [0.1, 0.15) is 40.0 Å². The minimum atomic E-state index is -0.801. The van der Waals surface area contributed by atoms with Crippen molar-refractivity contribution in [2.24, 2.45) is 0 Å². The van der Waals surface area contributed by atoms with Gasteiger partial charge >= 0.3 is 0 Å². The summed E-state index contributed by atoms with van der Waals surface area (Å²) in [5.41, 5.74) is 0. The van der Waals surface area contributed by atoms with E-state index in [-0.39, 0.29) is 18.6 Å². The van der Waals surface area contributed by atoms with E-state index in [1.807, 2.05) is 19.9 Å². The van der Waals surface area contributed by atoms with Gasteiger partial charge in [-0.3, -0.25) is 5.32 Å². The third-order valence-corrected chi connectivity index (χ3v) is 3.53. The Morgan fingerprint density at radius 1 is 1.38 bits per heavy atom. The zero-order chi connectivity index (χ0) is 15.8. The smallest absolute Gasteiger partial charge is 0.184 e. The van der Waals surface area contributed by atoms with Gasteiger partial charge in [0.2, 0.25) is 0 Å². The van der Waals surface area contributed by atoms with Crippen molar-refractivity contribution in [1.29, 1.82) is 0 Å². The first-order valence-electron chi connectivity index (χ1n) is 7.69. The molecule has 0 radical (unpaired) electrons. The van der Waals surface area contributed by atoms with Crippen molar-refractivity contribution < 1.29 is 24.8 Å². The van der Waals surface area contributed by atoms with E-state index in [0.717, 1.165) is 12.8 Å². The highest BCUT2D eigenvalue weighted by atomic mass is 16.7. The molecule has 1 aliphatic rings. The summed E-state index contributed by atoms with van der Waals surface area (Å²) < 4.78 is 11.1. The van der Waals surface area contributed by atoms with Crippen LogP contribution in [0.5, 0.6) is 0 Å². The van der Waals surface area contributed by atoms with Crippen molar-refractivity contribution in [3.63, 3.8) is 0 Å². The second-order valence-corrected chi connectivity index (χ2v) is 5.53. The maximum Gasteiger partial charge on any atom is 0.184 e. The van der Waals surface area contributed by atoms with Gasteiger partial charge in [0, 0.05) is 6.42 Å². The van der Waals surface area contributed by atoms with E-state index in [1.54, 1.807) is 13.0 Å². The summed E-state index contributed by atoms with van der Waals surface area (Å²) in [7, 11) is 0. The molecule has 1 fully saturated rings. The van der Waals surface area contributed by atoms with E-state index in [0.29, 0.717) is 6.54 Å². The third-order valence-electron chi connectivity index (χ3n) is 3.53. The molecule has 0 spiro atoms. The quantitative estimate of drug-likeness (QED) is 0.386. The molecule has 0 aromatic heterocycles. The summed E-state index contributed by atoms with van der Waals surface area (Å²) >= 11 is 0. The number of likely N-dealkylation sites (N-methyl/N-ethyl adjacent to an activating group) is 1. The SMILES string of the molecule is CCNC(O)/C=C/CC[C@@H](C)O[C@@H]1O[C@@H](C)[C@H](O)C[C@H]1O. The topological polar surface area (TPSA) is 91.2 Å². The average Bonchev–Trinajstić information content (AvgIpc) is 2.41. The molecule has 124 valence electrons. The monoisotopic (exact) mass is 303 g/mol. The van der Waals surface area contributed by atoms with Crippen molar-refractivity contribution in [2.45, 2.75) is 77.0 Å². The highest BCUT2D eigenvalue weighted by molar-refractivity contribution is 4.87. The fraction of sp³-hybridized carbons (Fsp3) is 0.867. The average molecular weight is 303 g/mol. The Kier molecular flexibility index (Phi) is 8.39. The number of aliphatic hydroxyl groups is 3. The zero-order valence-corrected chi connectivity index (χ0v) is 13.1. The van der Waals surface area contributed by atoms with Gasteiger partial charge in [-0.05, 0) is 39.3 Å². The van der Waals surface area contributed by atoms with E-state index >= 15 is 0 Å². The molecule has 1 heterocycles. The van der Waals surface area contributed by atoms with Gasteiger partial charge in [-0.25, -0.2) is 0 Å². The standard InChI is InChI=1S/C15H29NO5/c1-4-16-14(19)8-6-5-7-10(2)20-15-13(18)9-12(17)11(3)21-15/h6,8,10-19H,4-5,7,9H2,1-3H3/b8-6+/t10-,11+,12-,13-,14?,15-/m1/s1. The number of aliphatic hydroxyl groups excluding tert-OH is 3. The summed E-state index contributed by atoms with van der Waals surface area (Å²) in [4.78, 5) is 0. The number of hydrogen-bond acceptors (Lipinski definition) is 6. The lowest BCUT2D eigenvalue weighted by Gasteiger charge is -2.36. The Morgan fingerprint density at radius 3 is 2.76 bits per heavy atom. The van der Waals surface area contributed by atoms with Gasteiger partial charge in [-0.15, -0.1) is 0 Å². The Hall–Kier alpha value is -0.500. The normalized spacial score (nSPS) is 33.2. The summed E-state index contributed by atoms with van der Waals surface area (Å²) in [6.07, 6.45) is 2.26. The van der Waals surface area contributed by atoms with Crippen LogP contribution in [0.3, 0.4) is 0 Å². The van der Waals surface area contributed by atoms with Crippen LogP contribution in [0.2, 0.25) is 0 Å². The van der Waals surface area contributed by atoms with Crippen LogP contribution in [0.15, 0.2) is 12.2 Å². The lowest BCUT2D eigenvalue weighted by atomic mass is 10.0. The summed E-state index contributed by atoms with van der Waals surface area (Å²) in [6, 6.07) is 0. The van der Waals surface area contributed by atoms with E-state index in [1.165, 1.54) is 0 Å². The predicted molar refractivity (Wildman–Crippen MR) is 79.6 cm³/mol. The molecule has 21 heavy (non-hydrogen) atoms. The van der Waals surface area contributed by atoms with Gasteiger partial charge in [-0.1, -0.05) is 13.0 Å². The molecule has 1 saturated heterocycles. The van der Waals surface area contributed by atoms with Crippen molar-refractivity contribution in [3.8, 4) is 0 Å². The number of rotatable bonds is 8. The van der Waals surface area contributed by atoms with Gasteiger partial charge in [-0.2, -0.15) is 0 Å². The Morgan fingerprint density at radius 2 is 2.10 bits per heavy atom. The fourth-order valence-electron chi connectivity index (χ4n) is 2.20. The van der Waals surface area contributed by atoms with Crippen LogP contribution in [0, 0.1) is 0 Å². The Balaban J connectivity index is 2.25. The molecule has 1 rings (SSSR count). The molecule has 0 amide bonds. The van der Waals surface area contributed by atoms with Crippen molar-refractivity contribution in [1.82, 2.24) is 5.32 Å². The lowest BCUT2D eigenvalue weighted by molar-refractivity contribution is -0.273. The summed E-state index contributed by atoms with van der Waals surface area (Å²) in [6.45, 7) is 6.33. The Bertz CT molecular complexity index is 312. The maximum atomic E-state index is 9.84. The molecule has 0 aliphatic carbocycles. The number of allylic oxidation sites excluding steroid dienone is 1. The molecule has 6 atom stereocenters. The Labute approximate surface area is 126 Å². The second-order valence-electron chi connectivity index (χ2n) is 5.53. The van der Waals surface area contributed by atoms with Crippen LogP contribution in [0.4, 0.5) is 0 Å². The molecule has 0 aromatic carbocycles. The fourth-order valence-corrected chi connectivity index (χ4v) is 2.20. The number of nitrogens with one attached hydrogen (secondary N) is 1. The second kappa shape index (κ2) is 9.50. The highest BCUT2D eigenvalue weighted by Crippen LogP contribution is 2.22. The van der Waals surface area contributed by atoms with Crippen LogP contribution < -0.4 is 5.32 Å². The minimum Gasteiger partial charge on any atom is -0.390 e. The molecule has 0 saturated carbocycles. The maximum absolute atomic E-state index is 9.84. The molecule has 4 N–H and O–H groups in total. The van der Waals surface area contributed by atoms with Crippen molar-refractivity contribution in [3.05, 3.63) is 12.2 Å². The first-order chi connectivity index (χ1) is 9.93. The highest BCUT2D eigenvalue weighted by Gasteiger charge is 2.35. The number of hydrogen-bond donors (Lipinski definition) is 4. The molecule has 6 heteroatoms. The first-order valence-corrected chi connectivity index (χ1v) is 7.69. The first kappa shape index (κ1) is 18.5. The summed E-state index contributed by atoms with van der Waals surface area (Å²) in [5.74, 6) is 0. The minimum absolute atomic E-state index is 0.0759. The molecule has 1 unspecified atom stereocenters. The van der Waals surface area contributed by atoms with E-state index < -0.39 is 24.7 Å². The third kappa shape index (κ3) is 6.86. The van der Waals surface area contributed by atoms with Crippen LogP contribution in [-0.4, -0.2) is 58.8 Å². The molecule has 0 aromatic rings. The molecule has 1 aliphatic heterocycles. The van der Waals surface area contributed by atoms with Crippen molar-refractivity contribution in [2.75, 3.05) is 6.54 Å². The largest absolute Gasteiger partial charge is 0.390 e. The van der Waals surface area contributed by atoms with Crippen molar-refractivity contribution >= 4 is 0 Å².